The van der Waals surface area contributed by atoms with Gasteiger partial charge in [-0.1, -0.05) is 25.1 Å². The summed E-state index contributed by atoms with van der Waals surface area (Å²) in [4.78, 5) is 31.7. The van der Waals surface area contributed by atoms with Crippen molar-refractivity contribution in [2.75, 3.05) is 6.54 Å². The van der Waals surface area contributed by atoms with Crippen molar-refractivity contribution >= 4 is 28.6 Å². The molecule has 6 nitrogen and oxygen atoms in total. The highest BCUT2D eigenvalue weighted by molar-refractivity contribution is 6.04. The maximum atomic E-state index is 12.9. The number of nitrogens with zero attached hydrogens (tertiary/aromatic N) is 1. The van der Waals surface area contributed by atoms with Gasteiger partial charge in [-0.25, -0.2) is 9.38 Å². The van der Waals surface area contributed by atoms with Crippen molar-refractivity contribution in [2.45, 2.75) is 18.9 Å². The van der Waals surface area contributed by atoms with E-state index in [-0.39, 0.29) is 30.2 Å². The fraction of sp³-hybridized carbons (Fsp3) is 0.190. The molecule has 142 valence electrons. The molecule has 0 bridgehead atoms. The third-order valence-electron chi connectivity index (χ3n) is 4.83. The number of H-pyrrole nitrogens is 1. The lowest BCUT2D eigenvalue weighted by molar-refractivity contribution is -0.124. The Bertz CT molecular complexity index is 1070. The molecule has 2 aromatic carbocycles. The van der Waals surface area contributed by atoms with E-state index in [1.807, 2.05) is 37.4 Å². The molecule has 0 unspecified atom stereocenters. The molecular weight excluding hydrogens is 361 g/mol. The standard InChI is InChI=1S/C21H18FN3O3/c1-12(16-10-23-17-5-3-2-4-15(16)17)19-20(27)25-21(28-19)24-11-18(26)13-6-8-14(22)9-7-13/h2-10,12,19,23H,11H2,1H3,(H,24,25,27)/t12-,19+/m1/s1. The van der Waals surface area contributed by atoms with Gasteiger partial charge in [0.25, 0.3) is 11.9 Å². The maximum absolute atomic E-state index is 12.9. The lowest BCUT2D eigenvalue weighted by Crippen LogP contribution is -2.28. The number of aromatic amines is 1. The lowest BCUT2D eigenvalue weighted by atomic mass is 9.94. The second-order valence-electron chi connectivity index (χ2n) is 6.66. The summed E-state index contributed by atoms with van der Waals surface area (Å²) in [5, 5.41) is 3.61. The SMILES string of the molecule is C[C@H](c1c[nH]c2ccccc12)[C@@H]1OC(=NCC(=O)c2ccc(F)cc2)NC1=O. The Balaban J connectivity index is 1.46. The van der Waals surface area contributed by atoms with Crippen LogP contribution in [-0.2, 0) is 9.53 Å². The first-order chi connectivity index (χ1) is 13.5. The van der Waals surface area contributed by atoms with E-state index >= 15 is 0 Å². The van der Waals surface area contributed by atoms with E-state index in [2.05, 4.69) is 15.3 Å². The molecule has 2 heterocycles. The first-order valence-corrected chi connectivity index (χ1v) is 8.89. The highest BCUT2D eigenvalue weighted by Crippen LogP contribution is 2.30. The third-order valence-corrected chi connectivity index (χ3v) is 4.83. The average molecular weight is 379 g/mol. The van der Waals surface area contributed by atoms with Crippen molar-refractivity contribution in [3.63, 3.8) is 0 Å². The molecule has 0 aliphatic carbocycles. The van der Waals surface area contributed by atoms with Gasteiger partial charge in [0.1, 0.15) is 12.4 Å². The van der Waals surface area contributed by atoms with Crippen LogP contribution in [0.2, 0.25) is 0 Å². The van der Waals surface area contributed by atoms with Crippen molar-refractivity contribution < 1.29 is 18.7 Å². The number of halogens is 1. The topological polar surface area (TPSA) is 83.5 Å². The summed E-state index contributed by atoms with van der Waals surface area (Å²) >= 11 is 0. The van der Waals surface area contributed by atoms with Crippen molar-refractivity contribution in [1.82, 2.24) is 10.3 Å². The maximum Gasteiger partial charge on any atom is 0.292 e. The number of carbonyl (C=O) groups is 2. The van der Waals surface area contributed by atoms with Crippen molar-refractivity contribution in [2.24, 2.45) is 4.99 Å². The van der Waals surface area contributed by atoms with Gasteiger partial charge in [-0.05, 0) is 35.9 Å². The summed E-state index contributed by atoms with van der Waals surface area (Å²) in [7, 11) is 0. The van der Waals surface area contributed by atoms with E-state index in [9.17, 15) is 14.0 Å². The van der Waals surface area contributed by atoms with E-state index in [1.165, 1.54) is 24.3 Å². The molecule has 1 aromatic heterocycles. The first-order valence-electron chi connectivity index (χ1n) is 8.89. The number of aromatic nitrogens is 1. The number of aliphatic imine (C=N–C) groups is 1. The van der Waals surface area contributed by atoms with Gasteiger partial charge in [0, 0.05) is 28.6 Å². The number of ether oxygens (including phenoxy) is 1. The smallest absolute Gasteiger partial charge is 0.292 e. The minimum absolute atomic E-state index is 0.0251. The Hall–Kier alpha value is -3.48. The van der Waals surface area contributed by atoms with Crippen LogP contribution in [0.15, 0.2) is 59.7 Å². The van der Waals surface area contributed by atoms with E-state index < -0.39 is 11.9 Å². The van der Waals surface area contributed by atoms with Gasteiger partial charge in [-0.3, -0.25) is 14.9 Å². The molecule has 0 radical (unpaired) electrons. The summed E-state index contributed by atoms with van der Waals surface area (Å²) in [6.45, 7) is 1.71. The molecule has 1 saturated heterocycles. The number of rotatable bonds is 5. The molecule has 4 rings (SSSR count). The fourth-order valence-corrected chi connectivity index (χ4v) is 3.29. The molecule has 1 aliphatic rings. The summed E-state index contributed by atoms with van der Waals surface area (Å²) < 4.78 is 18.6. The Labute approximate surface area is 160 Å². The number of para-hydroxylation sites is 1. The van der Waals surface area contributed by atoms with Gasteiger partial charge in [-0.2, -0.15) is 0 Å². The first kappa shape index (κ1) is 17.9. The van der Waals surface area contributed by atoms with Crippen LogP contribution in [0, 0.1) is 5.82 Å². The zero-order valence-electron chi connectivity index (χ0n) is 15.1. The Morgan fingerprint density at radius 3 is 2.75 bits per heavy atom. The van der Waals surface area contributed by atoms with Gasteiger partial charge in [0.15, 0.2) is 11.9 Å². The van der Waals surface area contributed by atoms with Gasteiger partial charge >= 0.3 is 0 Å². The number of fused-ring (bicyclic) bond motifs is 1. The van der Waals surface area contributed by atoms with E-state index in [0.717, 1.165) is 16.5 Å². The quantitative estimate of drug-likeness (QED) is 0.668. The van der Waals surface area contributed by atoms with Crippen LogP contribution in [0.25, 0.3) is 10.9 Å². The summed E-state index contributed by atoms with van der Waals surface area (Å²) in [5.41, 5.74) is 2.31. The zero-order valence-corrected chi connectivity index (χ0v) is 15.1. The van der Waals surface area contributed by atoms with Crippen molar-refractivity contribution in [1.29, 1.82) is 0 Å². The second kappa shape index (κ2) is 7.26. The van der Waals surface area contributed by atoms with E-state index in [1.54, 1.807) is 0 Å². The number of hydrogen-bond acceptors (Lipinski definition) is 4. The Morgan fingerprint density at radius 2 is 1.96 bits per heavy atom. The molecule has 1 amide bonds. The molecule has 0 saturated carbocycles. The molecule has 3 aromatic rings. The number of Topliss-reactive ketones (excluding diaryl/α,β-unsaturated/α-hetero) is 1. The summed E-state index contributed by atoms with van der Waals surface area (Å²) in [6, 6.07) is 13.1. The van der Waals surface area contributed by atoms with Crippen LogP contribution < -0.4 is 5.32 Å². The van der Waals surface area contributed by atoms with Crippen LogP contribution in [0.1, 0.15) is 28.8 Å². The van der Waals surface area contributed by atoms with Crippen LogP contribution in [0.5, 0.6) is 0 Å². The minimum Gasteiger partial charge on any atom is -0.451 e. The van der Waals surface area contributed by atoms with Crippen LogP contribution >= 0.6 is 0 Å². The molecule has 1 fully saturated rings. The second-order valence-corrected chi connectivity index (χ2v) is 6.66. The number of amides is 1. The van der Waals surface area contributed by atoms with Crippen LogP contribution in [0.4, 0.5) is 4.39 Å². The van der Waals surface area contributed by atoms with E-state index in [0.29, 0.717) is 5.56 Å². The zero-order chi connectivity index (χ0) is 19.7. The van der Waals surface area contributed by atoms with Crippen molar-refractivity contribution in [3.8, 4) is 0 Å². The van der Waals surface area contributed by atoms with Gasteiger partial charge in [0.2, 0.25) is 0 Å². The van der Waals surface area contributed by atoms with Gasteiger partial charge < -0.3 is 9.72 Å². The molecule has 1 aliphatic heterocycles. The number of amidine groups is 1. The van der Waals surface area contributed by atoms with E-state index in [4.69, 9.17) is 4.74 Å². The monoisotopic (exact) mass is 379 g/mol. The van der Waals surface area contributed by atoms with Crippen LogP contribution in [-0.4, -0.2) is 35.3 Å². The van der Waals surface area contributed by atoms with Crippen molar-refractivity contribution in [3.05, 3.63) is 71.7 Å². The highest BCUT2D eigenvalue weighted by atomic mass is 19.1. The molecule has 0 spiro atoms. The number of carbonyl (C=O) groups excluding carboxylic acids is 2. The molecule has 7 heteroatoms. The van der Waals surface area contributed by atoms with Gasteiger partial charge in [0.05, 0.1) is 0 Å². The predicted molar refractivity (Wildman–Crippen MR) is 103 cm³/mol. The van der Waals surface area contributed by atoms with Crippen LogP contribution in [0.3, 0.4) is 0 Å². The fourth-order valence-electron chi connectivity index (χ4n) is 3.29. The molecule has 2 N–H and O–H groups in total. The predicted octanol–water partition coefficient (Wildman–Crippen LogP) is 3.16. The number of hydrogen-bond donors (Lipinski definition) is 2. The molecule has 28 heavy (non-hydrogen) atoms. The molecular formula is C21H18FN3O3. The average Bonchev–Trinajstić information content (AvgIpc) is 3.29. The normalized spacial score (nSPS) is 18.9. The number of ketones is 1. The molecule has 2 atom stereocenters. The lowest BCUT2D eigenvalue weighted by Gasteiger charge is -2.15. The number of nitrogens with one attached hydrogen (secondary N) is 2. The minimum atomic E-state index is -0.737. The summed E-state index contributed by atoms with van der Waals surface area (Å²) in [5.74, 6) is -1.22. The summed E-state index contributed by atoms with van der Waals surface area (Å²) in [6.07, 6.45) is 1.14. The highest BCUT2D eigenvalue weighted by Gasteiger charge is 2.37. The Kier molecular flexibility index (Phi) is 4.65. The number of benzene rings is 2. The van der Waals surface area contributed by atoms with Gasteiger partial charge in [-0.15, -0.1) is 0 Å². The Morgan fingerprint density at radius 1 is 1.21 bits per heavy atom. The largest absolute Gasteiger partial charge is 0.451 e. The third kappa shape index (κ3) is 3.38.